The Morgan fingerprint density at radius 3 is 2.36 bits per heavy atom. The van der Waals surface area contributed by atoms with Gasteiger partial charge in [-0.2, -0.15) is 0 Å². The molecule has 1 aliphatic rings. The van der Waals surface area contributed by atoms with E-state index in [0.29, 0.717) is 6.04 Å². The number of rotatable bonds is 1. The SMILES string of the molecule is Cc1cc(C)cc(C2CC(O)CN2)c1. The van der Waals surface area contributed by atoms with Crippen molar-refractivity contribution in [2.24, 2.45) is 0 Å². The minimum Gasteiger partial charge on any atom is -0.392 e. The Morgan fingerprint density at radius 2 is 1.86 bits per heavy atom. The molecule has 0 aliphatic carbocycles. The molecule has 1 saturated heterocycles. The fourth-order valence-electron chi connectivity index (χ4n) is 2.18. The molecule has 1 aromatic rings. The number of hydrogen-bond acceptors (Lipinski definition) is 2. The summed E-state index contributed by atoms with van der Waals surface area (Å²) in [4.78, 5) is 0. The number of aliphatic hydroxyl groups is 1. The maximum absolute atomic E-state index is 9.44. The number of nitrogens with one attached hydrogen (secondary N) is 1. The quantitative estimate of drug-likeness (QED) is 0.708. The fourth-order valence-corrected chi connectivity index (χ4v) is 2.18. The number of β-amino-alcohol motifs (C(OH)–C–C–N with tert-alkyl or cyclic N) is 1. The maximum Gasteiger partial charge on any atom is 0.0682 e. The van der Waals surface area contributed by atoms with Gasteiger partial charge in [0.15, 0.2) is 0 Å². The smallest absolute Gasteiger partial charge is 0.0682 e. The van der Waals surface area contributed by atoms with Crippen LogP contribution in [0.2, 0.25) is 0 Å². The predicted molar refractivity (Wildman–Crippen MR) is 57.3 cm³/mol. The Bertz CT molecular complexity index is 315. The molecule has 0 spiro atoms. The molecule has 2 unspecified atom stereocenters. The summed E-state index contributed by atoms with van der Waals surface area (Å²) in [7, 11) is 0. The van der Waals surface area contributed by atoms with Crippen LogP contribution in [0.1, 0.15) is 29.2 Å². The van der Waals surface area contributed by atoms with Crippen LogP contribution in [0.5, 0.6) is 0 Å². The average molecular weight is 191 g/mol. The summed E-state index contributed by atoms with van der Waals surface area (Å²) in [5.41, 5.74) is 3.89. The first-order chi connectivity index (χ1) is 6.65. The molecule has 1 fully saturated rings. The van der Waals surface area contributed by atoms with Gasteiger partial charge < -0.3 is 10.4 Å². The zero-order valence-electron chi connectivity index (χ0n) is 8.75. The summed E-state index contributed by atoms with van der Waals surface area (Å²) in [6.07, 6.45) is 0.656. The Labute approximate surface area is 85.0 Å². The monoisotopic (exact) mass is 191 g/mol. The van der Waals surface area contributed by atoms with Crippen molar-refractivity contribution in [3.05, 3.63) is 34.9 Å². The molecule has 14 heavy (non-hydrogen) atoms. The van der Waals surface area contributed by atoms with Gasteiger partial charge in [0.2, 0.25) is 0 Å². The van der Waals surface area contributed by atoms with Crippen LogP contribution in [0.4, 0.5) is 0 Å². The van der Waals surface area contributed by atoms with Crippen LogP contribution in [0.25, 0.3) is 0 Å². The molecule has 2 rings (SSSR count). The lowest BCUT2D eigenvalue weighted by atomic mass is 10.00. The number of hydrogen-bond donors (Lipinski definition) is 2. The van der Waals surface area contributed by atoms with Gasteiger partial charge in [-0.05, 0) is 25.8 Å². The van der Waals surface area contributed by atoms with E-state index in [1.807, 2.05) is 0 Å². The normalized spacial score (nSPS) is 26.8. The first-order valence-electron chi connectivity index (χ1n) is 5.15. The van der Waals surface area contributed by atoms with E-state index in [2.05, 4.69) is 37.4 Å². The molecule has 76 valence electrons. The lowest BCUT2D eigenvalue weighted by molar-refractivity contribution is 0.193. The highest BCUT2D eigenvalue weighted by atomic mass is 16.3. The third-order valence-electron chi connectivity index (χ3n) is 2.75. The van der Waals surface area contributed by atoms with Gasteiger partial charge in [0.25, 0.3) is 0 Å². The van der Waals surface area contributed by atoms with E-state index in [1.54, 1.807) is 0 Å². The minimum atomic E-state index is -0.180. The highest BCUT2D eigenvalue weighted by Crippen LogP contribution is 2.24. The molecule has 2 N–H and O–H groups in total. The standard InChI is InChI=1S/C12H17NO/c1-8-3-9(2)5-10(4-8)12-6-11(14)7-13-12/h3-5,11-14H,6-7H2,1-2H3. The van der Waals surface area contributed by atoms with Crippen LogP contribution in [-0.2, 0) is 0 Å². The molecule has 0 saturated carbocycles. The molecular weight excluding hydrogens is 174 g/mol. The third-order valence-corrected chi connectivity index (χ3v) is 2.75. The molecule has 2 heteroatoms. The predicted octanol–water partition coefficient (Wildman–Crippen LogP) is 1.70. The van der Waals surface area contributed by atoms with E-state index in [9.17, 15) is 5.11 Å². The van der Waals surface area contributed by atoms with E-state index in [0.717, 1.165) is 13.0 Å². The number of benzene rings is 1. The van der Waals surface area contributed by atoms with Crippen LogP contribution >= 0.6 is 0 Å². The van der Waals surface area contributed by atoms with Crippen molar-refractivity contribution < 1.29 is 5.11 Å². The Kier molecular flexibility index (Phi) is 2.57. The van der Waals surface area contributed by atoms with E-state index < -0.39 is 0 Å². The van der Waals surface area contributed by atoms with Gasteiger partial charge in [0.05, 0.1) is 6.10 Å². The van der Waals surface area contributed by atoms with Crippen LogP contribution in [0, 0.1) is 13.8 Å². The van der Waals surface area contributed by atoms with E-state index >= 15 is 0 Å². The van der Waals surface area contributed by atoms with Gasteiger partial charge in [0.1, 0.15) is 0 Å². The molecule has 0 amide bonds. The Morgan fingerprint density at radius 1 is 1.21 bits per heavy atom. The van der Waals surface area contributed by atoms with Crippen molar-refractivity contribution in [1.29, 1.82) is 0 Å². The third kappa shape index (κ3) is 1.97. The van der Waals surface area contributed by atoms with Gasteiger partial charge in [-0.3, -0.25) is 0 Å². The van der Waals surface area contributed by atoms with Crippen LogP contribution in [0.3, 0.4) is 0 Å². The minimum absolute atomic E-state index is 0.180. The summed E-state index contributed by atoms with van der Waals surface area (Å²) in [6, 6.07) is 6.91. The molecule has 0 aromatic heterocycles. The fraction of sp³-hybridized carbons (Fsp3) is 0.500. The molecule has 0 radical (unpaired) electrons. The molecule has 1 aliphatic heterocycles. The Hall–Kier alpha value is -0.860. The first-order valence-corrected chi connectivity index (χ1v) is 5.15. The van der Waals surface area contributed by atoms with E-state index in [4.69, 9.17) is 0 Å². The van der Waals surface area contributed by atoms with Crippen LogP contribution < -0.4 is 5.32 Å². The lowest BCUT2D eigenvalue weighted by Gasteiger charge is -2.12. The molecular formula is C12H17NO. The van der Waals surface area contributed by atoms with Crippen molar-refractivity contribution in [2.45, 2.75) is 32.4 Å². The molecule has 0 bridgehead atoms. The van der Waals surface area contributed by atoms with Crippen molar-refractivity contribution in [1.82, 2.24) is 5.32 Å². The van der Waals surface area contributed by atoms with Crippen LogP contribution in [0.15, 0.2) is 18.2 Å². The second kappa shape index (κ2) is 3.71. The van der Waals surface area contributed by atoms with Crippen molar-refractivity contribution in [3.63, 3.8) is 0 Å². The van der Waals surface area contributed by atoms with Crippen molar-refractivity contribution in [2.75, 3.05) is 6.54 Å². The van der Waals surface area contributed by atoms with Gasteiger partial charge in [-0.25, -0.2) is 0 Å². The summed E-state index contributed by atoms with van der Waals surface area (Å²) < 4.78 is 0. The molecule has 2 nitrogen and oxygen atoms in total. The summed E-state index contributed by atoms with van der Waals surface area (Å²) >= 11 is 0. The van der Waals surface area contributed by atoms with Crippen molar-refractivity contribution in [3.8, 4) is 0 Å². The second-order valence-corrected chi connectivity index (χ2v) is 4.27. The highest BCUT2D eigenvalue weighted by molar-refractivity contribution is 5.31. The Balaban J connectivity index is 2.23. The number of aliphatic hydroxyl groups excluding tert-OH is 1. The van der Waals surface area contributed by atoms with Gasteiger partial charge >= 0.3 is 0 Å². The maximum atomic E-state index is 9.44. The number of aryl methyl sites for hydroxylation is 2. The summed E-state index contributed by atoms with van der Waals surface area (Å²) in [5, 5.41) is 12.8. The summed E-state index contributed by atoms with van der Waals surface area (Å²) in [6.45, 7) is 4.95. The largest absolute Gasteiger partial charge is 0.392 e. The topological polar surface area (TPSA) is 32.3 Å². The van der Waals surface area contributed by atoms with Crippen LogP contribution in [-0.4, -0.2) is 17.8 Å². The van der Waals surface area contributed by atoms with E-state index in [-0.39, 0.29) is 6.10 Å². The van der Waals surface area contributed by atoms with Gasteiger partial charge in [-0.1, -0.05) is 29.3 Å². The van der Waals surface area contributed by atoms with Gasteiger partial charge in [0, 0.05) is 12.6 Å². The zero-order chi connectivity index (χ0) is 10.1. The summed E-state index contributed by atoms with van der Waals surface area (Å²) in [5.74, 6) is 0. The molecule has 1 heterocycles. The second-order valence-electron chi connectivity index (χ2n) is 4.27. The van der Waals surface area contributed by atoms with E-state index in [1.165, 1.54) is 16.7 Å². The zero-order valence-corrected chi connectivity index (χ0v) is 8.75. The average Bonchev–Trinajstić information content (AvgIpc) is 2.50. The lowest BCUT2D eigenvalue weighted by Crippen LogP contribution is -2.15. The highest BCUT2D eigenvalue weighted by Gasteiger charge is 2.23. The van der Waals surface area contributed by atoms with Gasteiger partial charge in [-0.15, -0.1) is 0 Å². The van der Waals surface area contributed by atoms with Crippen molar-refractivity contribution >= 4 is 0 Å². The molecule has 1 aromatic carbocycles. The molecule has 2 atom stereocenters. The first kappa shape index (κ1) is 9.69.